The van der Waals surface area contributed by atoms with Crippen molar-refractivity contribution in [2.75, 3.05) is 66.7 Å². The fourth-order valence-electron chi connectivity index (χ4n) is 4.97. The Hall–Kier alpha value is -0.683. The summed E-state index contributed by atoms with van der Waals surface area (Å²) in [6.45, 7) is 61.5. The molecule has 8 nitrogen and oxygen atoms in total. The van der Waals surface area contributed by atoms with Gasteiger partial charge in [-0.25, -0.2) is 0 Å². The Bertz CT molecular complexity index is 889. The van der Waals surface area contributed by atoms with E-state index in [2.05, 4.69) is 160 Å². The third-order valence-electron chi connectivity index (χ3n) is 11.1. The Kier molecular flexibility index (Phi) is 47.3. The van der Waals surface area contributed by atoms with Crippen LogP contribution in [0.3, 0.4) is 0 Å². The summed E-state index contributed by atoms with van der Waals surface area (Å²) in [5, 5.41) is 0. The van der Waals surface area contributed by atoms with Gasteiger partial charge >= 0.3 is 0 Å². The second-order valence-corrected chi connectivity index (χ2v) is 27.7. The quantitative estimate of drug-likeness (QED) is 0.0995. The highest BCUT2D eigenvalue weighted by Gasteiger charge is 2.35. The van der Waals surface area contributed by atoms with E-state index in [0.717, 1.165) is 49.8 Å². The number of hydrogen-bond acceptors (Lipinski definition) is 8. The summed E-state index contributed by atoms with van der Waals surface area (Å²) in [5.41, 5.74) is 0.974. The van der Waals surface area contributed by atoms with Crippen LogP contribution in [0.15, 0.2) is 0 Å². The van der Waals surface area contributed by atoms with E-state index in [1.165, 1.54) is 38.0 Å². The van der Waals surface area contributed by atoms with E-state index >= 15 is 0 Å². The lowest BCUT2D eigenvalue weighted by Gasteiger charge is -2.42. The van der Waals surface area contributed by atoms with E-state index in [9.17, 15) is 9.59 Å². The van der Waals surface area contributed by atoms with Crippen molar-refractivity contribution in [3.05, 3.63) is 0 Å². The Morgan fingerprint density at radius 3 is 1.02 bits per heavy atom. The van der Waals surface area contributed by atoms with E-state index < -0.39 is 8.07 Å². The van der Waals surface area contributed by atoms with E-state index in [1.807, 2.05) is 41.8 Å². The fraction of sp³-hybridized carbons (Fsp3) is 0.962. The van der Waals surface area contributed by atoms with Crippen LogP contribution in [-0.4, -0.2) is 131 Å². The zero-order valence-corrected chi connectivity index (χ0v) is 48.3. The van der Waals surface area contributed by atoms with Gasteiger partial charge in [-0.1, -0.05) is 109 Å². The molecule has 0 aromatic rings. The van der Waals surface area contributed by atoms with Crippen LogP contribution >= 0.6 is 0 Å². The zero-order chi connectivity index (χ0) is 49.9. The average Bonchev–Trinajstić information content (AvgIpc) is 3.12. The smallest absolute Gasteiger partial charge is 0.149 e. The van der Waals surface area contributed by atoms with Crippen molar-refractivity contribution in [1.82, 2.24) is 14.7 Å². The number of nitrogens with zero attached hydrogens (tertiary/aromatic N) is 3. The molecule has 0 aromatic heterocycles. The van der Waals surface area contributed by atoms with E-state index in [4.69, 9.17) is 14.2 Å². The highest BCUT2D eigenvalue weighted by atomic mass is 28.3. The number of carbonyl (C=O) groups excluding carboxylic acids is 2. The summed E-state index contributed by atoms with van der Waals surface area (Å²) in [4.78, 5) is 29.2. The molecular weight excluding hydrogens is 787 g/mol. The monoisotopic (exact) mass is 904 g/mol. The molecule has 0 radical (unpaired) electrons. The summed E-state index contributed by atoms with van der Waals surface area (Å²) in [6, 6.07) is 4.70. The molecule has 0 N–H and O–H groups in total. The molecule has 9 heteroatoms. The molecule has 1 saturated heterocycles. The second kappa shape index (κ2) is 41.7. The molecule has 0 aromatic carbocycles. The van der Waals surface area contributed by atoms with Crippen molar-refractivity contribution >= 4 is 19.6 Å². The number of ether oxygens (including phenoxy) is 3. The predicted molar refractivity (Wildman–Crippen MR) is 280 cm³/mol. The van der Waals surface area contributed by atoms with Gasteiger partial charge in [0.25, 0.3) is 0 Å². The molecule has 0 unspecified atom stereocenters. The standard InChI is InChI=1S/C11H25NSi.2C9H19NO.3C8H18O/c1-10(2)12-6-8-13(5,9-7-12)11(3)4;2*1-7(2)9(11)6-10(5)8(3)4;1-7(2)5-9-6-8(3)4;2*1-7(2)5-6-9-8(3)4/h10-11H,6-9H2,1-5H3;2*7-8H,6H2,1-5H3;3*7-8H,5-6H2,1-4H3. The second-order valence-electron chi connectivity index (χ2n) is 22.2. The Morgan fingerprint density at radius 2 is 0.823 bits per heavy atom. The number of likely N-dealkylation sites (N-methyl/N-ethyl adjacent to an activating group) is 2. The van der Waals surface area contributed by atoms with Gasteiger partial charge in [-0.05, 0) is 145 Å². The van der Waals surface area contributed by atoms with Crippen LogP contribution in [0.5, 0.6) is 0 Å². The zero-order valence-electron chi connectivity index (χ0n) is 47.3. The van der Waals surface area contributed by atoms with Crippen LogP contribution in [0, 0.1) is 35.5 Å². The number of carbonyl (C=O) groups is 2. The summed E-state index contributed by atoms with van der Waals surface area (Å²) in [5.74, 6) is 3.84. The van der Waals surface area contributed by atoms with Crippen molar-refractivity contribution in [3.63, 3.8) is 0 Å². The minimum atomic E-state index is -0.843. The van der Waals surface area contributed by atoms with Gasteiger partial charge in [-0.2, -0.15) is 0 Å². The first kappa shape index (κ1) is 70.3. The van der Waals surface area contributed by atoms with Gasteiger partial charge in [0.2, 0.25) is 0 Å². The first-order valence-electron chi connectivity index (χ1n) is 25.2. The van der Waals surface area contributed by atoms with Crippen molar-refractivity contribution < 1.29 is 23.8 Å². The van der Waals surface area contributed by atoms with Crippen LogP contribution in [0.1, 0.15) is 179 Å². The molecule has 0 bridgehead atoms. The molecule has 0 spiro atoms. The molecule has 0 amide bonds. The van der Waals surface area contributed by atoms with Gasteiger partial charge < -0.3 is 19.1 Å². The summed E-state index contributed by atoms with van der Waals surface area (Å²) < 4.78 is 16.1. The molecule has 1 fully saturated rings. The largest absolute Gasteiger partial charge is 0.381 e. The van der Waals surface area contributed by atoms with Crippen molar-refractivity contribution in [1.29, 1.82) is 0 Å². The summed E-state index contributed by atoms with van der Waals surface area (Å²) in [7, 11) is 3.11. The number of ketones is 2. The van der Waals surface area contributed by atoms with Gasteiger partial charge in [0.05, 0.1) is 33.4 Å². The Morgan fingerprint density at radius 1 is 0.516 bits per heavy atom. The van der Waals surface area contributed by atoms with Gasteiger partial charge in [0, 0.05) is 56.4 Å². The first-order chi connectivity index (χ1) is 28.2. The van der Waals surface area contributed by atoms with Gasteiger partial charge in [0.1, 0.15) is 11.6 Å². The molecule has 0 atom stereocenters. The fourth-order valence-corrected chi connectivity index (χ4v) is 7.97. The van der Waals surface area contributed by atoms with Crippen molar-refractivity contribution in [2.24, 2.45) is 35.5 Å². The third-order valence-corrected chi connectivity index (χ3v) is 16.6. The molecule has 1 aliphatic heterocycles. The highest BCUT2D eigenvalue weighted by Crippen LogP contribution is 2.33. The minimum Gasteiger partial charge on any atom is -0.381 e. The summed E-state index contributed by atoms with van der Waals surface area (Å²) >= 11 is 0. The Balaban J connectivity index is -0.000000211. The lowest BCUT2D eigenvalue weighted by atomic mass is 10.1. The topological polar surface area (TPSA) is 71.6 Å². The maximum atomic E-state index is 11.2. The molecule has 1 heterocycles. The van der Waals surface area contributed by atoms with E-state index in [0.29, 0.717) is 60.8 Å². The van der Waals surface area contributed by atoms with Crippen LogP contribution in [0.4, 0.5) is 0 Å². The SMILES string of the molecule is CC(C)C(=O)CN(C)C(C)C.CC(C)C(=O)CN(C)C(C)C.CC(C)CCOC(C)C.CC(C)CCOC(C)C.CC(C)COCC(C)C.CC(C)N1CC[Si](C)(C(C)C)CC1. The number of rotatable bonds is 22. The lowest BCUT2D eigenvalue weighted by Crippen LogP contribution is -2.48. The highest BCUT2D eigenvalue weighted by molar-refractivity contribution is 6.80. The number of hydrogen-bond donors (Lipinski definition) is 0. The third kappa shape index (κ3) is 50.3. The van der Waals surface area contributed by atoms with E-state index in [-0.39, 0.29) is 11.8 Å². The van der Waals surface area contributed by atoms with Gasteiger partial charge in [0.15, 0.2) is 0 Å². The van der Waals surface area contributed by atoms with E-state index in [1.54, 1.807) is 0 Å². The van der Waals surface area contributed by atoms with Gasteiger partial charge in [-0.3, -0.25) is 19.4 Å². The molecule has 0 saturated carbocycles. The van der Waals surface area contributed by atoms with Crippen molar-refractivity contribution in [3.8, 4) is 0 Å². The lowest BCUT2D eigenvalue weighted by molar-refractivity contribution is -0.123. The predicted octanol–water partition coefficient (Wildman–Crippen LogP) is 13.5. The van der Waals surface area contributed by atoms with Crippen molar-refractivity contribution in [2.45, 2.75) is 234 Å². The molecule has 1 rings (SSSR count). The van der Waals surface area contributed by atoms with Gasteiger partial charge in [-0.15, -0.1) is 0 Å². The Labute approximate surface area is 392 Å². The number of Topliss-reactive ketones (excluding diaryl/α,β-unsaturated/α-hetero) is 2. The molecular formula is C53H117N3O5Si. The maximum absolute atomic E-state index is 11.2. The van der Waals surface area contributed by atoms with Crippen LogP contribution in [0.2, 0.25) is 24.2 Å². The average molecular weight is 905 g/mol. The van der Waals surface area contributed by atoms with Crippen LogP contribution in [-0.2, 0) is 23.8 Å². The molecule has 1 aliphatic rings. The molecule has 62 heavy (non-hydrogen) atoms. The normalized spacial score (nSPS) is 14.1. The molecule has 378 valence electrons. The van der Waals surface area contributed by atoms with Crippen LogP contribution < -0.4 is 0 Å². The summed E-state index contributed by atoms with van der Waals surface area (Å²) in [6.07, 6.45) is 3.14. The molecule has 0 aliphatic carbocycles. The minimum absolute atomic E-state index is 0.163. The first-order valence-corrected chi connectivity index (χ1v) is 28.2. The van der Waals surface area contributed by atoms with Crippen LogP contribution in [0.25, 0.3) is 0 Å². The maximum Gasteiger partial charge on any atom is 0.149 e.